The van der Waals surface area contributed by atoms with E-state index in [-0.39, 0.29) is 23.6 Å². The zero-order chi connectivity index (χ0) is 22.8. The lowest BCUT2D eigenvalue weighted by molar-refractivity contribution is -0.143. The summed E-state index contributed by atoms with van der Waals surface area (Å²) in [7, 11) is 0. The molecule has 0 saturated heterocycles. The number of nitrogens with zero attached hydrogens (tertiary/aromatic N) is 2. The van der Waals surface area contributed by atoms with Gasteiger partial charge in [0.25, 0.3) is 5.91 Å². The van der Waals surface area contributed by atoms with Crippen molar-refractivity contribution in [2.75, 3.05) is 5.32 Å². The van der Waals surface area contributed by atoms with Gasteiger partial charge in [-0.25, -0.2) is 14.8 Å². The summed E-state index contributed by atoms with van der Waals surface area (Å²) in [6, 6.07) is 4.29. The largest absolute Gasteiger partial charge is 0.445 e. The van der Waals surface area contributed by atoms with Crippen LogP contribution in [-0.4, -0.2) is 27.4 Å². The first-order valence-corrected chi connectivity index (χ1v) is 9.97. The molecule has 0 spiro atoms. The molecule has 1 fully saturated rings. The maximum atomic E-state index is 13.6. The van der Waals surface area contributed by atoms with Crippen LogP contribution in [0.3, 0.4) is 0 Å². The number of anilines is 2. The molecule has 1 aromatic carbocycles. The molecule has 0 bridgehead atoms. The molecule has 1 saturated carbocycles. The van der Waals surface area contributed by atoms with Gasteiger partial charge in [-0.15, -0.1) is 0 Å². The van der Waals surface area contributed by atoms with E-state index in [4.69, 9.17) is 33.7 Å². The first-order valence-electron chi connectivity index (χ1n) is 9.21. The van der Waals surface area contributed by atoms with E-state index >= 15 is 0 Å². The Labute approximate surface area is 185 Å². The highest BCUT2D eigenvalue weighted by Gasteiger charge is 2.44. The fourth-order valence-electron chi connectivity index (χ4n) is 3.27. The van der Waals surface area contributed by atoms with Crippen LogP contribution in [0.5, 0.6) is 0 Å². The maximum absolute atomic E-state index is 13.6. The molecule has 3 N–H and O–H groups in total. The van der Waals surface area contributed by atoms with Crippen molar-refractivity contribution in [1.82, 2.24) is 9.97 Å². The third-order valence-electron chi connectivity index (χ3n) is 4.85. The number of alkyl halides is 3. The van der Waals surface area contributed by atoms with Gasteiger partial charge in [0.1, 0.15) is 5.56 Å². The number of aromatic nitrogens is 2. The van der Waals surface area contributed by atoms with E-state index in [0.717, 1.165) is 6.42 Å². The number of ether oxygens (including phenoxy) is 1. The Bertz CT molecular complexity index is 1010. The van der Waals surface area contributed by atoms with Gasteiger partial charge in [-0.3, -0.25) is 4.79 Å². The summed E-state index contributed by atoms with van der Waals surface area (Å²) < 4.78 is 46.1. The summed E-state index contributed by atoms with van der Waals surface area (Å²) in [6.45, 7) is 0. The van der Waals surface area contributed by atoms with Crippen LogP contribution in [0.4, 0.5) is 24.8 Å². The topological polar surface area (TPSA) is 107 Å². The average Bonchev–Trinajstić information content (AvgIpc) is 2.70. The van der Waals surface area contributed by atoms with Crippen LogP contribution in [-0.2, 0) is 15.7 Å². The predicted octanol–water partition coefficient (Wildman–Crippen LogP) is 4.89. The van der Waals surface area contributed by atoms with Crippen LogP contribution in [0.15, 0.2) is 24.4 Å². The smallest absolute Gasteiger partial charge is 0.434 e. The summed E-state index contributed by atoms with van der Waals surface area (Å²) in [5, 5.41) is 3.01. The number of nitrogens with two attached hydrogens (primary N) is 1. The van der Waals surface area contributed by atoms with Crippen molar-refractivity contribution in [3.05, 3.63) is 45.7 Å². The Morgan fingerprint density at radius 3 is 2.42 bits per heavy atom. The summed E-state index contributed by atoms with van der Waals surface area (Å²) in [5.74, 6) is -2.72. The van der Waals surface area contributed by atoms with Crippen LogP contribution in [0.2, 0.25) is 10.0 Å². The zero-order valence-electron chi connectivity index (χ0n) is 15.9. The molecule has 0 radical (unpaired) electrons. The van der Waals surface area contributed by atoms with E-state index in [1.54, 1.807) is 0 Å². The lowest BCUT2D eigenvalue weighted by atomic mass is 9.84. The summed E-state index contributed by atoms with van der Waals surface area (Å²) in [6.07, 6.45) is -2.11. The van der Waals surface area contributed by atoms with Crippen molar-refractivity contribution in [2.24, 2.45) is 5.73 Å². The average molecular weight is 477 g/mol. The van der Waals surface area contributed by atoms with E-state index in [1.165, 1.54) is 18.2 Å². The number of carbonyl (C=O) groups excluding carboxylic acids is 2. The summed E-state index contributed by atoms with van der Waals surface area (Å²) >= 11 is 11.8. The Kier molecular flexibility index (Phi) is 6.61. The van der Waals surface area contributed by atoms with Crippen molar-refractivity contribution in [2.45, 2.75) is 43.9 Å². The molecule has 1 aliphatic rings. The standard InChI is InChI=1S/C19H17Cl2F3N4O3/c20-10-4-5-13(12(21)8-10)27-17-26-9-11(14(28-17)19(22,23)24)15(29)31-18(16(25)30)6-2-1-3-7-18/h4-5,8-9H,1-3,6-7H2,(H2,25,30)(H,26,27,28). The highest BCUT2D eigenvalue weighted by atomic mass is 35.5. The molecule has 31 heavy (non-hydrogen) atoms. The quantitative estimate of drug-likeness (QED) is 0.594. The minimum atomic E-state index is -5.00. The number of benzene rings is 1. The molecule has 12 heteroatoms. The molecule has 2 aromatic rings. The van der Waals surface area contributed by atoms with Crippen molar-refractivity contribution in [3.8, 4) is 0 Å². The molecule has 0 aliphatic heterocycles. The molecule has 7 nitrogen and oxygen atoms in total. The number of carbonyl (C=O) groups is 2. The van der Waals surface area contributed by atoms with Gasteiger partial charge >= 0.3 is 12.1 Å². The second kappa shape index (κ2) is 8.88. The number of primary amides is 1. The number of amides is 1. The summed E-state index contributed by atoms with van der Waals surface area (Å²) in [5.41, 5.74) is 1.51. The normalized spacial score (nSPS) is 15.9. The highest BCUT2D eigenvalue weighted by molar-refractivity contribution is 6.36. The van der Waals surface area contributed by atoms with Gasteiger partial charge in [0.05, 0.1) is 10.7 Å². The van der Waals surface area contributed by atoms with E-state index in [2.05, 4.69) is 15.3 Å². The van der Waals surface area contributed by atoms with Gasteiger partial charge in [0.15, 0.2) is 11.3 Å². The number of rotatable bonds is 5. The molecular formula is C19H17Cl2F3N4O3. The Morgan fingerprint density at radius 1 is 1.16 bits per heavy atom. The SMILES string of the molecule is NC(=O)C1(OC(=O)c2cnc(Nc3ccc(Cl)cc3Cl)nc2C(F)(F)F)CCCCC1. The van der Waals surface area contributed by atoms with Crippen LogP contribution < -0.4 is 11.1 Å². The molecular weight excluding hydrogens is 460 g/mol. The van der Waals surface area contributed by atoms with Crippen molar-refractivity contribution >= 4 is 46.7 Å². The molecule has 0 unspecified atom stereocenters. The van der Waals surface area contributed by atoms with Gasteiger partial charge in [0.2, 0.25) is 5.95 Å². The van der Waals surface area contributed by atoms with Crippen LogP contribution in [0.25, 0.3) is 0 Å². The van der Waals surface area contributed by atoms with E-state index in [9.17, 15) is 22.8 Å². The number of esters is 1. The third kappa shape index (κ3) is 5.19. The van der Waals surface area contributed by atoms with Crippen LogP contribution in [0.1, 0.15) is 48.2 Å². The van der Waals surface area contributed by atoms with Gasteiger partial charge in [-0.2, -0.15) is 13.2 Å². The van der Waals surface area contributed by atoms with Gasteiger partial charge in [0, 0.05) is 11.2 Å². The third-order valence-corrected chi connectivity index (χ3v) is 5.40. The first-order chi connectivity index (χ1) is 14.5. The number of nitrogens with one attached hydrogen (secondary N) is 1. The Balaban J connectivity index is 1.93. The van der Waals surface area contributed by atoms with Gasteiger partial charge in [-0.1, -0.05) is 29.6 Å². The zero-order valence-corrected chi connectivity index (χ0v) is 17.4. The first kappa shape index (κ1) is 23.1. The lowest BCUT2D eigenvalue weighted by Crippen LogP contribution is -2.49. The second-order valence-electron chi connectivity index (χ2n) is 7.01. The monoisotopic (exact) mass is 476 g/mol. The fourth-order valence-corrected chi connectivity index (χ4v) is 3.73. The fraction of sp³-hybridized carbons (Fsp3) is 0.368. The molecule has 0 atom stereocenters. The highest BCUT2D eigenvalue weighted by Crippen LogP contribution is 2.36. The Hall–Kier alpha value is -2.59. The summed E-state index contributed by atoms with van der Waals surface area (Å²) in [4.78, 5) is 31.7. The Morgan fingerprint density at radius 2 is 1.84 bits per heavy atom. The molecule has 1 aliphatic carbocycles. The second-order valence-corrected chi connectivity index (χ2v) is 7.86. The molecule has 1 aromatic heterocycles. The maximum Gasteiger partial charge on any atom is 0.434 e. The van der Waals surface area contributed by atoms with E-state index in [0.29, 0.717) is 24.1 Å². The number of halogens is 5. The van der Waals surface area contributed by atoms with Crippen LogP contribution >= 0.6 is 23.2 Å². The molecule has 1 heterocycles. The number of hydrogen-bond acceptors (Lipinski definition) is 6. The molecule has 3 rings (SSSR count). The van der Waals surface area contributed by atoms with Crippen molar-refractivity contribution in [1.29, 1.82) is 0 Å². The van der Waals surface area contributed by atoms with Crippen molar-refractivity contribution in [3.63, 3.8) is 0 Å². The minimum absolute atomic E-state index is 0.133. The predicted molar refractivity (Wildman–Crippen MR) is 107 cm³/mol. The van der Waals surface area contributed by atoms with Crippen LogP contribution in [0, 0.1) is 0 Å². The molecule has 1 amide bonds. The van der Waals surface area contributed by atoms with Crippen molar-refractivity contribution < 1.29 is 27.5 Å². The minimum Gasteiger partial charge on any atom is -0.445 e. The van der Waals surface area contributed by atoms with Gasteiger partial charge < -0.3 is 15.8 Å². The van der Waals surface area contributed by atoms with E-state index in [1.807, 2.05) is 0 Å². The number of hydrogen-bond donors (Lipinski definition) is 2. The van der Waals surface area contributed by atoms with E-state index < -0.39 is 40.9 Å². The molecule has 166 valence electrons. The lowest BCUT2D eigenvalue weighted by Gasteiger charge is -2.33. The van der Waals surface area contributed by atoms with Gasteiger partial charge in [-0.05, 0) is 43.9 Å².